The third-order valence-corrected chi connectivity index (χ3v) is 1.53. The number of allylic oxidation sites excluding steroid dienone is 3. The van der Waals surface area contributed by atoms with Crippen LogP contribution in [0.4, 0.5) is 0 Å². The highest BCUT2D eigenvalue weighted by Crippen LogP contribution is 2.14. The predicted octanol–water partition coefficient (Wildman–Crippen LogP) is 1.01. The van der Waals surface area contributed by atoms with Crippen LogP contribution in [0.2, 0.25) is 0 Å². The highest BCUT2D eigenvalue weighted by molar-refractivity contribution is 5.76. The molecule has 2 heteroatoms. The quantitative estimate of drug-likeness (QED) is 0.469. The van der Waals surface area contributed by atoms with Crippen LogP contribution in [0.3, 0.4) is 0 Å². The van der Waals surface area contributed by atoms with Crippen molar-refractivity contribution in [2.45, 2.75) is 0 Å². The molecule has 0 saturated carbocycles. The monoisotopic (exact) mass is 131 g/mol. The first-order valence-corrected chi connectivity index (χ1v) is 3.24. The maximum Gasteiger partial charge on any atom is 0.0695 e. The minimum atomic E-state index is 0.777. The van der Waals surface area contributed by atoms with Gasteiger partial charge in [-0.3, -0.25) is 10.3 Å². The van der Waals surface area contributed by atoms with Crippen molar-refractivity contribution in [2.24, 2.45) is 4.99 Å². The molecular formula is C8H7N2. The molecule has 0 spiro atoms. The average molecular weight is 131 g/mol. The first-order valence-electron chi connectivity index (χ1n) is 3.24. The van der Waals surface area contributed by atoms with Crippen molar-refractivity contribution in [3.63, 3.8) is 0 Å². The number of rotatable bonds is 0. The van der Waals surface area contributed by atoms with Crippen molar-refractivity contribution >= 4 is 6.21 Å². The molecule has 0 saturated heterocycles. The second-order valence-electron chi connectivity index (χ2n) is 2.20. The van der Waals surface area contributed by atoms with Crippen molar-refractivity contribution in [1.82, 2.24) is 5.32 Å². The zero-order valence-corrected chi connectivity index (χ0v) is 5.49. The SMILES string of the molecule is C1=C[N]C2=CC=NCC2=C1. The van der Waals surface area contributed by atoms with Crippen LogP contribution in [-0.4, -0.2) is 12.8 Å². The molecule has 0 N–H and O–H groups in total. The maximum atomic E-state index is 4.17. The summed E-state index contributed by atoms with van der Waals surface area (Å²) in [6.07, 6.45) is 9.52. The van der Waals surface area contributed by atoms with Gasteiger partial charge in [0.1, 0.15) is 0 Å². The van der Waals surface area contributed by atoms with E-state index >= 15 is 0 Å². The van der Waals surface area contributed by atoms with E-state index in [1.807, 2.05) is 12.2 Å². The summed E-state index contributed by atoms with van der Waals surface area (Å²) in [5.74, 6) is 0. The van der Waals surface area contributed by atoms with Gasteiger partial charge < -0.3 is 0 Å². The van der Waals surface area contributed by atoms with E-state index in [0.29, 0.717) is 0 Å². The largest absolute Gasteiger partial charge is 0.288 e. The highest BCUT2D eigenvalue weighted by atomic mass is 14.9. The first-order chi connectivity index (χ1) is 4.97. The fourth-order valence-corrected chi connectivity index (χ4v) is 1.01. The third kappa shape index (κ3) is 0.778. The van der Waals surface area contributed by atoms with Crippen molar-refractivity contribution in [2.75, 3.05) is 6.54 Å². The number of dihydropyridines is 1. The summed E-state index contributed by atoms with van der Waals surface area (Å²) < 4.78 is 0. The molecule has 0 aromatic carbocycles. The Balaban J connectivity index is 2.38. The van der Waals surface area contributed by atoms with E-state index in [9.17, 15) is 0 Å². The molecule has 2 aliphatic heterocycles. The molecule has 0 amide bonds. The molecule has 2 nitrogen and oxygen atoms in total. The molecule has 2 heterocycles. The number of aliphatic imine (C=N–C) groups is 1. The van der Waals surface area contributed by atoms with Gasteiger partial charge in [-0.15, -0.1) is 0 Å². The van der Waals surface area contributed by atoms with Gasteiger partial charge in [0, 0.05) is 12.4 Å². The van der Waals surface area contributed by atoms with E-state index < -0.39 is 0 Å². The molecule has 2 rings (SSSR count). The topological polar surface area (TPSA) is 26.5 Å². The highest BCUT2D eigenvalue weighted by Gasteiger charge is 2.08. The van der Waals surface area contributed by atoms with Gasteiger partial charge in [0.2, 0.25) is 0 Å². The summed E-state index contributed by atoms with van der Waals surface area (Å²) in [5.41, 5.74) is 2.27. The van der Waals surface area contributed by atoms with Gasteiger partial charge in [0.25, 0.3) is 0 Å². The summed E-state index contributed by atoms with van der Waals surface area (Å²) in [6, 6.07) is 0. The second kappa shape index (κ2) is 2.14. The van der Waals surface area contributed by atoms with Gasteiger partial charge in [-0.2, -0.15) is 0 Å². The minimum Gasteiger partial charge on any atom is -0.288 e. The zero-order chi connectivity index (χ0) is 6.81. The Labute approximate surface area is 59.7 Å². The molecule has 0 aromatic rings. The van der Waals surface area contributed by atoms with E-state index in [4.69, 9.17) is 0 Å². The fraction of sp³-hybridized carbons (Fsp3) is 0.125. The lowest BCUT2D eigenvalue weighted by Gasteiger charge is -2.12. The molecule has 0 atom stereocenters. The normalized spacial score (nSPS) is 20.8. The molecule has 0 aliphatic carbocycles. The molecule has 0 bridgehead atoms. The fourth-order valence-electron chi connectivity index (χ4n) is 1.01. The van der Waals surface area contributed by atoms with Crippen molar-refractivity contribution in [3.8, 4) is 0 Å². The molecule has 2 aliphatic rings. The smallest absolute Gasteiger partial charge is 0.0695 e. The number of fused-ring (bicyclic) bond motifs is 1. The van der Waals surface area contributed by atoms with Gasteiger partial charge in [-0.1, -0.05) is 6.08 Å². The Morgan fingerprint density at radius 2 is 2.30 bits per heavy atom. The Morgan fingerprint density at radius 3 is 3.20 bits per heavy atom. The lowest BCUT2D eigenvalue weighted by atomic mass is 10.1. The Bertz CT molecular complexity index is 228. The van der Waals surface area contributed by atoms with E-state index in [0.717, 1.165) is 12.2 Å². The van der Waals surface area contributed by atoms with Crippen LogP contribution in [0, 0.1) is 0 Å². The van der Waals surface area contributed by atoms with Crippen LogP contribution < -0.4 is 5.32 Å². The summed E-state index contributed by atoms with van der Waals surface area (Å²) in [5, 5.41) is 4.17. The van der Waals surface area contributed by atoms with Crippen molar-refractivity contribution < 1.29 is 0 Å². The third-order valence-electron chi connectivity index (χ3n) is 1.53. The Kier molecular flexibility index (Phi) is 1.17. The molecular weight excluding hydrogens is 124 g/mol. The predicted molar refractivity (Wildman–Crippen MR) is 40.8 cm³/mol. The first kappa shape index (κ1) is 5.47. The lowest BCUT2D eigenvalue weighted by molar-refractivity contribution is 0.980. The Morgan fingerprint density at radius 1 is 1.30 bits per heavy atom. The van der Waals surface area contributed by atoms with Crippen LogP contribution in [0.15, 0.2) is 40.7 Å². The van der Waals surface area contributed by atoms with Crippen molar-refractivity contribution in [3.05, 3.63) is 35.7 Å². The number of nitrogens with zero attached hydrogens (tertiary/aromatic N) is 2. The van der Waals surface area contributed by atoms with Gasteiger partial charge >= 0.3 is 0 Å². The summed E-state index contributed by atoms with van der Waals surface area (Å²) in [4.78, 5) is 4.10. The summed E-state index contributed by atoms with van der Waals surface area (Å²) in [6.45, 7) is 0.777. The van der Waals surface area contributed by atoms with Gasteiger partial charge in [0.05, 0.1) is 12.2 Å². The van der Waals surface area contributed by atoms with E-state index in [-0.39, 0.29) is 0 Å². The Hall–Kier alpha value is -1.31. The molecule has 49 valence electrons. The van der Waals surface area contributed by atoms with Crippen LogP contribution in [-0.2, 0) is 0 Å². The van der Waals surface area contributed by atoms with Crippen LogP contribution in [0.25, 0.3) is 0 Å². The summed E-state index contributed by atoms with van der Waals surface area (Å²) >= 11 is 0. The van der Waals surface area contributed by atoms with Crippen LogP contribution in [0.1, 0.15) is 0 Å². The van der Waals surface area contributed by atoms with E-state index in [1.54, 1.807) is 12.4 Å². The van der Waals surface area contributed by atoms with Gasteiger partial charge in [-0.05, 0) is 17.7 Å². The van der Waals surface area contributed by atoms with Gasteiger partial charge in [-0.25, -0.2) is 0 Å². The molecule has 0 aromatic heterocycles. The lowest BCUT2D eigenvalue weighted by Crippen LogP contribution is -2.09. The van der Waals surface area contributed by atoms with E-state index in [1.165, 1.54) is 5.57 Å². The standard InChI is InChI=1S/C8H7N2/c1-2-7-6-9-5-3-8(7)10-4-1/h1-5H,6H2. The van der Waals surface area contributed by atoms with Crippen LogP contribution in [0.5, 0.6) is 0 Å². The second-order valence-corrected chi connectivity index (χ2v) is 2.20. The number of hydrogen-bond donors (Lipinski definition) is 0. The molecule has 0 unspecified atom stereocenters. The zero-order valence-electron chi connectivity index (χ0n) is 5.49. The van der Waals surface area contributed by atoms with Crippen molar-refractivity contribution in [1.29, 1.82) is 0 Å². The van der Waals surface area contributed by atoms with Crippen LogP contribution >= 0.6 is 0 Å². The molecule has 0 fully saturated rings. The van der Waals surface area contributed by atoms with E-state index in [2.05, 4.69) is 16.4 Å². The minimum absolute atomic E-state index is 0.777. The average Bonchev–Trinajstić information content (AvgIpc) is 2.05. The van der Waals surface area contributed by atoms with Gasteiger partial charge in [0.15, 0.2) is 0 Å². The summed E-state index contributed by atoms with van der Waals surface area (Å²) in [7, 11) is 0. The molecule has 10 heavy (non-hydrogen) atoms. The molecule has 1 radical (unpaired) electrons. The maximum absolute atomic E-state index is 4.17. The number of hydrogen-bond acceptors (Lipinski definition) is 1.